The van der Waals surface area contributed by atoms with Gasteiger partial charge in [0.1, 0.15) is 0 Å². The molecule has 1 amide bonds. The average Bonchev–Trinajstić information content (AvgIpc) is 2.91. The monoisotopic (exact) mass is 293 g/mol. The number of nitrogens with zero attached hydrogens (tertiary/aromatic N) is 1. The van der Waals surface area contributed by atoms with Gasteiger partial charge in [-0.15, -0.1) is 0 Å². The minimum atomic E-state index is -0.691. The lowest BCUT2D eigenvalue weighted by Crippen LogP contribution is -2.38. The Labute approximate surface area is 126 Å². The van der Waals surface area contributed by atoms with Crippen LogP contribution in [0.2, 0.25) is 0 Å². The molecule has 4 nitrogen and oxygen atoms in total. The summed E-state index contributed by atoms with van der Waals surface area (Å²) >= 11 is 0. The highest BCUT2D eigenvalue weighted by Crippen LogP contribution is 2.44. The van der Waals surface area contributed by atoms with Crippen molar-refractivity contribution >= 4 is 11.9 Å². The number of carboxylic acids is 1. The minimum absolute atomic E-state index is 0.0827. The second-order valence-corrected chi connectivity index (χ2v) is 7.46. The molecule has 21 heavy (non-hydrogen) atoms. The fourth-order valence-electron chi connectivity index (χ4n) is 4.68. The largest absolute Gasteiger partial charge is 0.481 e. The number of hydrogen-bond acceptors (Lipinski definition) is 2. The summed E-state index contributed by atoms with van der Waals surface area (Å²) in [5.74, 6) is -0.527. The number of amides is 1. The molecule has 3 fully saturated rings. The van der Waals surface area contributed by atoms with Gasteiger partial charge in [0.05, 0.1) is 5.92 Å². The van der Waals surface area contributed by atoms with E-state index in [1.807, 2.05) is 0 Å². The van der Waals surface area contributed by atoms with Crippen LogP contribution in [0.1, 0.15) is 64.2 Å². The van der Waals surface area contributed by atoms with Crippen LogP contribution < -0.4 is 0 Å². The summed E-state index contributed by atoms with van der Waals surface area (Å²) in [6, 6.07) is 0. The van der Waals surface area contributed by atoms with Crippen molar-refractivity contribution in [1.29, 1.82) is 0 Å². The zero-order valence-electron chi connectivity index (χ0n) is 12.9. The van der Waals surface area contributed by atoms with Crippen LogP contribution in [-0.2, 0) is 9.59 Å². The predicted molar refractivity (Wildman–Crippen MR) is 79.8 cm³/mol. The summed E-state index contributed by atoms with van der Waals surface area (Å²) in [7, 11) is 0. The van der Waals surface area contributed by atoms with Gasteiger partial charge in [0.2, 0.25) is 5.91 Å². The van der Waals surface area contributed by atoms with Crippen molar-refractivity contribution in [2.75, 3.05) is 13.1 Å². The van der Waals surface area contributed by atoms with Crippen molar-refractivity contribution < 1.29 is 14.7 Å². The SMILES string of the molecule is O=C(O)C1CCC(C(=O)N2CCC3(CCCCC3)C2)CC1. The van der Waals surface area contributed by atoms with Gasteiger partial charge in [0, 0.05) is 19.0 Å². The maximum Gasteiger partial charge on any atom is 0.306 e. The summed E-state index contributed by atoms with van der Waals surface area (Å²) in [6.45, 7) is 1.89. The number of aliphatic carboxylic acids is 1. The van der Waals surface area contributed by atoms with Crippen molar-refractivity contribution in [3.8, 4) is 0 Å². The molecule has 4 heteroatoms. The number of carboxylic acid groups (broad SMARTS) is 1. The molecule has 0 aromatic rings. The smallest absolute Gasteiger partial charge is 0.306 e. The van der Waals surface area contributed by atoms with Crippen molar-refractivity contribution in [3.05, 3.63) is 0 Å². The first-order valence-corrected chi connectivity index (χ1v) is 8.61. The van der Waals surface area contributed by atoms with Gasteiger partial charge in [-0.2, -0.15) is 0 Å². The number of rotatable bonds is 2. The van der Waals surface area contributed by atoms with Crippen LogP contribution in [0.3, 0.4) is 0 Å². The molecule has 118 valence electrons. The third kappa shape index (κ3) is 3.09. The molecule has 3 rings (SSSR count). The van der Waals surface area contributed by atoms with Gasteiger partial charge in [-0.05, 0) is 50.4 Å². The molecule has 0 aromatic heterocycles. The highest BCUT2D eigenvalue weighted by atomic mass is 16.4. The van der Waals surface area contributed by atoms with Crippen molar-refractivity contribution in [2.24, 2.45) is 17.3 Å². The van der Waals surface area contributed by atoms with Crippen LogP contribution >= 0.6 is 0 Å². The van der Waals surface area contributed by atoms with Crippen molar-refractivity contribution in [3.63, 3.8) is 0 Å². The Balaban J connectivity index is 1.54. The Bertz CT molecular complexity index is 406. The van der Waals surface area contributed by atoms with Gasteiger partial charge < -0.3 is 10.0 Å². The molecule has 0 aromatic carbocycles. The van der Waals surface area contributed by atoms with E-state index in [4.69, 9.17) is 5.11 Å². The van der Waals surface area contributed by atoms with E-state index < -0.39 is 5.97 Å². The third-order valence-electron chi connectivity index (χ3n) is 6.09. The Morgan fingerprint density at radius 3 is 2.14 bits per heavy atom. The normalized spacial score (nSPS) is 32.3. The fraction of sp³-hybridized carbons (Fsp3) is 0.882. The molecule has 2 aliphatic carbocycles. The molecular weight excluding hydrogens is 266 g/mol. The first kappa shape index (κ1) is 14.9. The quantitative estimate of drug-likeness (QED) is 0.851. The van der Waals surface area contributed by atoms with Gasteiger partial charge in [0.15, 0.2) is 0 Å². The summed E-state index contributed by atoms with van der Waals surface area (Å²) in [5, 5.41) is 9.05. The van der Waals surface area contributed by atoms with E-state index in [1.54, 1.807) is 0 Å². The molecule has 3 aliphatic rings. The Morgan fingerprint density at radius 2 is 1.52 bits per heavy atom. The number of hydrogen-bond donors (Lipinski definition) is 1. The molecule has 0 unspecified atom stereocenters. The standard InChI is InChI=1S/C17H27NO3/c19-15(13-4-6-14(7-5-13)16(20)21)18-11-10-17(12-18)8-2-1-3-9-17/h13-14H,1-12H2,(H,20,21). The van der Waals surface area contributed by atoms with E-state index in [1.165, 1.54) is 38.5 Å². The molecule has 1 saturated heterocycles. The van der Waals surface area contributed by atoms with Gasteiger partial charge in [0.25, 0.3) is 0 Å². The van der Waals surface area contributed by atoms with E-state index in [2.05, 4.69) is 4.90 Å². The van der Waals surface area contributed by atoms with Gasteiger partial charge >= 0.3 is 5.97 Å². The topological polar surface area (TPSA) is 57.6 Å². The maximum absolute atomic E-state index is 12.7. The molecule has 0 bridgehead atoms. The molecule has 1 aliphatic heterocycles. The van der Waals surface area contributed by atoms with Crippen molar-refractivity contribution in [1.82, 2.24) is 4.90 Å². The maximum atomic E-state index is 12.7. The van der Waals surface area contributed by atoms with Gasteiger partial charge in [-0.1, -0.05) is 19.3 Å². The second kappa shape index (κ2) is 5.98. The summed E-state index contributed by atoms with van der Waals surface area (Å²) in [5.41, 5.74) is 0.423. The van der Waals surface area contributed by atoms with Crippen molar-refractivity contribution in [2.45, 2.75) is 64.2 Å². The molecule has 2 saturated carbocycles. The Hall–Kier alpha value is -1.06. The predicted octanol–water partition coefficient (Wildman–Crippen LogP) is 3.06. The highest BCUT2D eigenvalue weighted by molar-refractivity contribution is 5.80. The minimum Gasteiger partial charge on any atom is -0.481 e. The zero-order valence-corrected chi connectivity index (χ0v) is 12.9. The molecule has 0 radical (unpaired) electrons. The van der Waals surface area contributed by atoms with Crippen LogP contribution in [0.5, 0.6) is 0 Å². The molecule has 0 atom stereocenters. The molecule has 1 spiro atoms. The van der Waals surface area contributed by atoms with Crippen LogP contribution in [0, 0.1) is 17.3 Å². The van der Waals surface area contributed by atoms with Crippen LogP contribution in [0.15, 0.2) is 0 Å². The lowest BCUT2D eigenvalue weighted by molar-refractivity contribution is -0.145. The fourth-order valence-corrected chi connectivity index (χ4v) is 4.68. The lowest BCUT2D eigenvalue weighted by atomic mass is 9.73. The first-order chi connectivity index (χ1) is 10.1. The van der Waals surface area contributed by atoms with Crippen LogP contribution in [0.4, 0.5) is 0 Å². The molecule has 1 heterocycles. The summed E-state index contributed by atoms with van der Waals surface area (Å²) < 4.78 is 0. The first-order valence-electron chi connectivity index (χ1n) is 8.61. The number of likely N-dealkylation sites (tertiary alicyclic amines) is 1. The van der Waals surface area contributed by atoms with E-state index in [9.17, 15) is 9.59 Å². The summed E-state index contributed by atoms with van der Waals surface area (Å²) in [4.78, 5) is 25.8. The van der Waals surface area contributed by atoms with E-state index in [0.29, 0.717) is 24.2 Å². The van der Waals surface area contributed by atoms with Gasteiger partial charge in [-0.25, -0.2) is 0 Å². The van der Waals surface area contributed by atoms with E-state index in [-0.39, 0.29) is 11.8 Å². The average molecular weight is 293 g/mol. The third-order valence-corrected chi connectivity index (χ3v) is 6.09. The number of carbonyl (C=O) groups excluding carboxylic acids is 1. The zero-order chi connectivity index (χ0) is 14.9. The highest BCUT2D eigenvalue weighted by Gasteiger charge is 2.42. The lowest BCUT2D eigenvalue weighted by Gasteiger charge is -2.34. The van der Waals surface area contributed by atoms with E-state index >= 15 is 0 Å². The molecular formula is C17H27NO3. The Kier molecular flexibility index (Phi) is 4.23. The van der Waals surface area contributed by atoms with Crippen LogP contribution in [0.25, 0.3) is 0 Å². The number of carbonyl (C=O) groups is 2. The molecule has 1 N–H and O–H groups in total. The van der Waals surface area contributed by atoms with E-state index in [0.717, 1.165) is 25.9 Å². The summed E-state index contributed by atoms with van der Waals surface area (Å²) in [6.07, 6.45) is 10.6. The van der Waals surface area contributed by atoms with Gasteiger partial charge in [-0.3, -0.25) is 9.59 Å². The Morgan fingerprint density at radius 1 is 0.905 bits per heavy atom. The van der Waals surface area contributed by atoms with Crippen LogP contribution in [-0.4, -0.2) is 35.0 Å². The second-order valence-electron chi connectivity index (χ2n) is 7.46.